The topological polar surface area (TPSA) is 63.4 Å². The molecule has 4 heteroatoms. The molecular formula is C7H15NO3. The molecule has 11 heavy (non-hydrogen) atoms. The monoisotopic (exact) mass is 161 g/mol. The molecule has 0 bridgehead atoms. The first kappa shape index (κ1) is 10.4. The van der Waals surface area contributed by atoms with E-state index in [2.05, 4.69) is 0 Å². The van der Waals surface area contributed by atoms with Gasteiger partial charge >= 0.3 is 0 Å². The maximum atomic E-state index is 10.3. The molecule has 0 aromatic carbocycles. The predicted molar refractivity (Wildman–Crippen MR) is 42.0 cm³/mol. The van der Waals surface area contributed by atoms with Crippen LogP contribution >= 0.6 is 0 Å². The zero-order chi connectivity index (χ0) is 8.85. The fraction of sp³-hybridized carbons (Fsp3) is 1.00. The average Bonchev–Trinajstić information content (AvgIpc) is 1.88. The molecule has 0 aromatic rings. The number of nitro groups is 1. The molecule has 0 unspecified atom stereocenters. The summed E-state index contributed by atoms with van der Waals surface area (Å²) in [6.45, 7) is 3.61. The standard InChI is InChI=1S/C7H15NO3/c1-3-5-7(9)6(4-2)8(10)11/h6-7,9H,3-5H2,1-2H3/t6-,7+/m1/s1. The summed E-state index contributed by atoms with van der Waals surface area (Å²) < 4.78 is 0. The molecule has 0 aliphatic rings. The van der Waals surface area contributed by atoms with Gasteiger partial charge in [0.1, 0.15) is 6.10 Å². The van der Waals surface area contributed by atoms with E-state index >= 15 is 0 Å². The minimum atomic E-state index is -0.782. The summed E-state index contributed by atoms with van der Waals surface area (Å²) in [5, 5.41) is 19.5. The van der Waals surface area contributed by atoms with Crippen LogP contribution in [0.15, 0.2) is 0 Å². The lowest BCUT2D eigenvalue weighted by Gasteiger charge is -2.12. The van der Waals surface area contributed by atoms with Crippen LogP contribution in [-0.2, 0) is 0 Å². The highest BCUT2D eigenvalue weighted by molar-refractivity contribution is 4.65. The molecule has 0 heterocycles. The van der Waals surface area contributed by atoms with Crippen LogP contribution in [0, 0.1) is 10.1 Å². The molecule has 0 aliphatic carbocycles. The van der Waals surface area contributed by atoms with E-state index in [9.17, 15) is 15.2 Å². The number of aliphatic hydroxyl groups excluding tert-OH is 1. The van der Waals surface area contributed by atoms with Gasteiger partial charge in [0.2, 0.25) is 6.04 Å². The van der Waals surface area contributed by atoms with Crippen molar-refractivity contribution in [1.29, 1.82) is 0 Å². The van der Waals surface area contributed by atoms with Gasteiger partial charge in [0.05, 0.1) is 0 Å². The van der Waals surface area contributed by atoms with Gasteiger partial charge in [-0.2, -0.15) is 0 Å². The number of hydrogen-bond acceptors (Lipinski definition) is 3. The summed E-state index contributed by atoms with van der Waals surface area (Å²) in [6.07, 6.45) is 0.916. The molecule has 0 rings (SSSR count). The molecule has 0 fully saturated rings. The van der Waals surface area contributed by atoms with Crippen molar-refractivity contribution in [3.63, 3.8) is 0 Å². The SMILES string of the molecule is CCC[C@H](O)[C@@H](CC)[N+](=O)[O-]. The second-order valence-electron chi connectivity index (χ2n) is 2.62. The zero-order valence-corrected chi connectivity index (χ0v) is 6.99. The third-order valence-electron chi connectivity index (χ3n) is 1.72. The average molecular weight is 161 g/mol. The molecule has 1 N–H and O–H groups in total. The Morgan fingerprint density at radius 1 is 1.55 bits per heavy atom. The smallest absolute Gasteiger partial charge is 0.238 e. The van der Waals surface area contributed by atoms with Crippen LogP contribution in [0.3, 0.4) is 0 Å². The minimum Gasteiger partial charge on any atom is -0.386 e. The fourth-order valence-corrected chi connectivity index (χ4v) is 1.05. The van der Waals surface area contributed by atoms with Crippen LogP contribution in [0.2, 0.25) is 0 Å². The van der Waals surface area contributed by atoms with Crippen LogP contribution in [0.5, 0.6) is 0 Å². The Kier molecular flexibility index (Phi) is 4.77. The molecule has 4 nitrogen and oxygen atoms in total. The van der Waals surface area contributed by atoms with E-state index in [0.717, 1.165) is 6.42 Å². The third kappa shape index (κ3) is 3.32. The fourth-order valence-electron chi connectivity index (χ4n) is 1.05. The predicted octanol–water partition coefficient (Wildman–Crippen LogP) is 1.20. The Balaban J connectivity index is 3.91. The van der Waals surface area contributed by atoms with Gasteiger partial charge in [0, 0.05) is 11.3 Å². The largest absolute Gasteiger partial charge is 0.386 e. The highest BCUT2D eigenvalue weighted by Gasteiger charge is 2.26. The van der Waals surface area contributed by atoms with Crippen molar-refractivity contribution in [2.24, 2.45) is 0 Å². The van der Waals surface area contributed by atoms with E-state index in [1.807, 2.05) is 6.92 Å². The first-order chi connectivity index (χ1) is 5.13. The van der Waals surface area contributed by atoms with Gasteiger partial charge in [0.15, 0.2) is 0 Å². The van der Waals surface area contributed by atoms with E-state index in [1.54, 1.807) is 6.92 Å². The number of rotatable bonds is 5. The van der Waals surface area contributed by atoms with E-state index in [1.165, 1.54) is 0 Å². The first-order valence-electron chi connectivity index (χ1n) is 3.95. The number of aliphatic hydroxyl groups is 1. The zero-order valence-electron chi connectivity index (χ0n) is 6.99. The molecule has 0 saturated carbocycles. The number of nitrogens with zero attached hydrogens (tertiary/aromatic N) is 1. The van der Waals surface area contributed by atoms with Crippen LogP contribution in [0.4, 0.5) is 0 Å². The summed E-state index contributed by atoms with van der Waals surface area (Å²) in [5.41, 5.74) is 0. The molecule has 0 saturated heterocycles. The summed E-state index contributed by atoms with van der Waals surface area (Å²) in [4.78, 5) is 9.89. The number of hydrogen-bond donors (Lipinski definition) is 1. The lowest BCUT2D eigenvalue weighted by molar-refractivity contribution is -0.534. The highest BCUT2D eigenvalue weighted by Crippen LogP contribution is 2.08. The van der Waals surface area contributed by atoms with Crippen molar-refractivity contribution < 1.29 is 10.0 Å². The van der Waals surface area contributed by atoms with Crippen molar-refractivity contribution in [3.8, 4) is 0 Å². The molecule has 2 atom stereocenters. The van der Waals surface area contributed by atoms with E-state index < -0.39 is 17.1 Å². The Morgan fingerprint density at radius 2 is 2.09 bits per heavy atom. The van der Waals surface area contributed by atoms with Gasteiger partial charge in [0.25, 0.3) is 0 Å². The molecular weight excluding hydrogens is 146 g/mol. The van der Waals surface area contributed by atoms with Gasteiger partial charge in [-0.05, 0) is 6.42 Å². The van der Waals surface area contributed by atoms with Gasteiger partial charge in [-0.15, -0.1) is 0 Å². The molecule has 66 valence electrons. The molecule has 0 aliphatic heterocycles. The van der Waals surface area contributed by atoms with Gasteiger partial charge in [-0.25, -0.2) is 0 Å². The van der Waals surface area contributed by atoms with E-state index in [4.69, 9.17) is 0 Å². The quantitative estimate of drug-likeness (QED) is 0.486. The molecule has 0 amide bonds. The van der Waals surface area contributed by atoms with E-state index in [-0.39, 0.29) is 0 Å². The van der Waals surface area contributed by atoms with Crippen molar-refractivity contribution in [3.05, 3.63) is 10.1 Å². The summed E-state index contributed by atoms with van der Waals surface area (Å²) in [5.74, 6) is 0. The highest BCUT2D eigenvalue weighted by atomic mass is 16.6. The van der Waals surface area contributed by atoms with Crippen molar-refractivity contribution in [1.82, 2.24) is 0 Å². The van der Waals surface area contributed by atoms with Gasteiger partial charge < -0.3 is 5.11 Å². The summed E-state index contributed by atoms with van der Waals surface area (Å²) in [7, 11) is 0. The lowest BCUT2D eigenvalue weighted by Crippen LogP contribution is -2.32. The van der Waals surface area contributed by atoms with Crippen LogP contribution in [0.1, 0.15) is 33.1 Å². The second kappa shape index (κ2) is 5.07. The van der Waals surface area contributed by atoms with Crippen molar-refractivity contribution in [2.45, 2.75) is 45.3 Å². The Labute approximate surface area is 66.4 Å². The van der Waals surface area contributed by atoms with Gasteiger partial charge in [-0.1, -0.05) is 20.3 Å². The van der Waals surface area contributed by atoms with Crippen LogP contribution in [-0.4, -0.2) is 22.2 Å². The molecule has 0 spiro atoms. The Bertz CT molecular complexity index is 127. The van der Waals surface area contributed by atoms with Crippen LogP contribution < -0.4 is 0 Å². The first-order valence-corrected chi connectivity index (χ1v) is 3.95. The Morgan fingerprint density at radius 3 is 2.36 bits per heavy atom. The lowest BCUT2D eigenvalue weighted by atomic mass is 10.1. The minimum absolute atomic E-state index is 0.397. The molecule has 0 aromatic heterocycles. The molecule has 0 radical (unpaired) electrons. The maximum absolute atomic E-state index is 10.3. The Hall–Kier alpha value is -0.640. The van der Waals surface area contributed by atoms with Crippen molar-refractivity contribution in [2.75, 3.05) is 0 Å². The van der Waals surface area contributed by atoms with Gasteiger partial charge in [-0.3, -0.25) is 10.1 Å². The van der Waals surface area contributed by atoms with Crippen molar-refractivity contribution >= 4 is 0 Å². The second-order valence-corrected chi connectivity index (χ2v) is 2.62. The normalized spacial score (nSPS) is 15.9. The third-order valence-corrected chi connectivity index (χ3v) is 1.72. The van der Waals surface area contributed by atoms with E-state index in [0.29, 0.717) is 12.8 Å². The summed E-state index contributed by atoms with van der Waals surface area (Å²) >= 11 is 0. The van der Waals surface area contributed by atoms with Crippen LogP contribution in [0.25, 0.3) is 0 Å². The maximum Gasteiger partial charge on any atom is 0.238 e. The summed E-state index contributed by atoms with van der Waals surface area (Å²) in [6, 6.07) is -0.782.